The molecule has 74 heavy (non-hydrogen) atoms. The van der Waals surface area contributed by atoms with Gasteiger partial charge in [-0.2, -0.15) is 0 Å². The summed E-state index contributed by atoms with van der Waals surface area (Å²) in [5.41, 5.74) is 5.24. The number of carbonyl (C=O) groups excluding carboxylic acids is 8. The highest BCUT2D eigenvalue weighted by molar-refractivity contribution is 5.98. The molecule has 0 spiro atoms. The predicted molar refractivity (Wildman–Crippen MR) is 264 cm³/mol. The van der Waals surface area contributed by atoms with Gasteiger partial charge < -0.3 is 83.0 Å². The van der Waals surface area contributed by atoms with E-state index >= 15 is 0 Å². The summed E-state index contributed by atoms with van der Waals surface area (Å²) in [6.45, 7) is 6.32. The van der Waals surface area contributed by atoms with Crippen molar-refractivity contribution >= 4 is 47.3 Å². The lowest BCUT2D eigenvalue weighted by atomic mass is 9.91. The number of nitrogens with one attached hydrogen (secondary N) is 5. The number of β-amino-alcohol motifs (C(OH)–C–C–N with tert-alkyl or cyclic N) is 1. The predicted octanol–water partition coefficient (Wildman–Crippen LogP) is -2.66. The highest BCUT2D eigenvalue weighted by atomic mass is 16.3. The van der Waals surface area contributed by atoms with Crippen LogP contribution in [0.5, 0.6) is 5.75 Å². The zero-order chi connectivity index (χ0) is 55.0. The number of fused-ring (bicyclic) bond motifs is 2. The zero-order valence-electron chi connectivity index (χ0n) is 42.8. The Morgan fingerprint density at radius 1 is 0.743 bits per heavy atom. The standard InChI is InChI=1S/C50H80N8O16/c1-5-26(2)20-27(3)12-10-8-6-7-9-11-13-38(66)53-33-21-31(61)24-52-48(72)42-35(63)18-19-57(42)50(74)40(36(64)23-37(51)65)55-47(71)41(44(68)43(67)29-14-16-30(60)17-15-29)56-46(70)34-22-32(62)25-58(34)49(73)39(28(4)59)54-45(33)69/h14-17,26-28,31-36,39-44,59-64,67-68H,5-13,18-25H2,1-4H3,(H2,51,65)(H,52,72)(H,53,66)(H,54,69)(H,55,71)(H,56,70)/t26?,27?,28-,31-,32-,33?,34?,35+,36-,39?,40?,41+,42+,43+,44+/m1/s1. The second-order valence-electron chi connectivity index (χ2n) is 20.5. The summed E-state index contributed by atoms with van der Waals surface area (Å²) in [6.07, 6.45) is -6.34. The molecule has 6 unspecified atom stereocenters. The molecule has 0 aromatic heterocycles. The van der Waals surface area contributed by atoms with Crippen molar-refractivity contribution in [3.05, 3.63) is 29.8 Å². The van der Waals surface area contributed by atoms with Gasteiger partial charge in [-0.15, -0.1) is 0 Å². The molecule has 24 nitrogen and oxygen atoms in total. The van der Waals surface area contributed by atoms with Crippen LogP contribution in [0.1, 0.15) is 129 Å². The molecule has 0 aliphatic carbocycles. The van der Waals surface area contributed by atoms with Gasteiger partial charge in [-0.1, -0.05) is 77.8 Å². The minimum Gasteiger partial charge on any atom is -0.508 e. The minimum atomic E-state index is -2.33. The number of hydrogen-bond donors (Lipinski definition) is 14. The molecule has 15 atom stereocenters. The molecule has 416 valence electrons. The first-order valence-corrected chi connectivity index (χ1v) is 25.9. The third-order valence-electron chi connectivity index (χ3n) is 14.2. The number of unbranched alkanes of at least 4 members (excludes halogenated alkanes) is 5. The van der Waals surface area contributed by atoms with Gasteiger partial charge in [0.2, 0.25) is 47.3 Å². The van der Waals surface area contributed by atoms with Crippen molar-refractivity contribution < 1.29 is 79.2 Å². The molecule has 0 bridgehead atoms. The van der Waals surface area contributed by atoms with Crippen LogP contribution in [-0.2, 0) is 38.4 Å². The van der Waals surface area contributed by atoms with Gasteiger partial charge in [0.05, 0.1) is 36.9 Å². The Morgan fingerprint density at radius 2 is 1.35 bits per heavy atom. The van der Waals surface area contributed by atoms with Crippen molar-refractivity contribution in [2.45, 2.75) is 197 Å². The lowest BCUT2D eigenvalue weighted by molar-refractivity contribution is -0.148. The Balaban J connectivity index is 1.67. The lowest BCUT2D eigenvalue weighted by Crippen LogP contribution is -2.64. The molecule has 1 aromatic rings. The Bertz CT molecular complexity index is 2070. The molecule has 1 aromatic carbocycles. The van der Waals surface area contributed by atoms with E-state index < -0.39 is 159 Å². The maximum atomic E-state index is 14.4. The number of aliphatic hydroxyl groups excluding tert-OH is 7. The number of primary amides is 1. The topological polar surface area (TPSA) is 391 Å². The molecular weight excluding hydrogens is 969 g/mol. The van der Waals surface area contributed by atoms with E-state index in [4.69, 9.17) is 5.73 Å². The van der Waals surface area contributed by atoms with Gasteiger partial charge in [-0.05, 0) is 55.7 Å². The minimum absolute atomic E-state index is 0.0125. The Hall–Kier alpha value is -5.50. The third kappa shape index (κ3) is 17.6. The number of aliphatic hydroxyl groups is 7. The quantitative estimate of drug-likeness (QED) is 0.0593. The van der Waals surface area contributed by atoms with Crippen LogP contribution in [0.3, 0.4) is 0 Å². The van der Waals surface area contributed by atoms with E-state index in [1.807, 2.05) is 0 Å². The monoisotopic (exact) mass is 1050 g/mol. The maximum absolute atomic E-state index is 14.4. The van der Waals surface area contributed by atoms with Gasteiger partial charge in [-0.25, -0.2) is 0 Å². The normalized spacial score (nSPS) is 28.2. The molecule has 24 heteroatoms. The van der Waals surface area contributed by atoms with Crippen molar-refractivity contribution in [2.75, 3.05) is 19.6 Å². The van der Waals surface area contributed by atoms with Crippen molar-refractivity contribution in [1.29, 1.82) is 0 Å². The molecule has 3 aliphatic rings. The van der Waals surface area contributed by atoms with Gasteiger partial charge >= 0.3 is 0 Å². The average Bonchev–Trinajstić information content (AvgIpc) is 3.94. The first kappa shape index (κ1) is 61.1. The lowest BCUT2D eigenvalue weighted by Gasteiger charge is -2.34. The number of aromatic hydroxyl groups is 1. The molecule has 3 aliphatic heterocycles. The maximum Gasteiger partial charge on any atom is 0.248 e. The van der Waals surface area contributed by atoms with Crippen molar-refractivity contribution in [1.82, 2.24) is 36.4 Å². The van der Waals surface area contributed by atoms with Gasteiger partial charge in [-0.3, -0.25) is 38.4 Å². The summed E-state index contributed by atoms with van der Waals surface area (Å²) in [6, 6.07) is -6.74. The van der Waals surface area contributed by atoms with E-state index in [9.17, 15) is 79.2 Å². The Morgan fingerprint density at radius 3 is 1.99 bits per heavy atom. The van der Waals surface area contributed by atoms with Crippen LogP contribution < -0.4 is 32.3 Å². The number of benzene rings is 1. The van der Waals surface area contributed by atoms with Crippen molar-refractivity contribution in [3.8, 4) is 5.75 Å². The molecule has 0 radical (unpaired) electrons. The fourth-order valence-corrected chi connectivity index (χ4v) is 9.77. The second kappa shape index (κ2) is 29.0. The van der Waals surface area contributed by atoms with E-state index in [0.29, 0.717) is 18.3 Å². The van der Waals surface area contributed by atoms with E-state index in [1.54, 1.807) is 0 Å². The van der Waals surface area contributed by atoms with E-state index in [2.05, 4.69) is 47.4 Å². The molecule has 4 rings (SSSR count). The number of amides is 8. The van der Waals surface area contributed by atoms with Gasteiger partial charge in [0.15, 0.2) is 0 Å². The van der Waals surface area contributed by atoms with Crippen LogP contribution in [0, 0.1) is 11.8 Å². The van der Waals surface area contributed by atoms with Crippen LogP contribution in [0.15, 0.2) is 24.3 Å². The summed E-state index contributed by atoms with van der Waals surface area (Å²) in [4.78, 5) is 112. The molecule has 3 heterocycles. The highest BCUT2D eigenvalue weighted by Gasteiger charge is 2.48. The van der Waals surface area contributed by atoms with E-state index in [1.165, 1.54) is 18.6 Å². The van der Waals surface area contributed by atoms with Crippen molar-refractivity contribution in [3.63, 3.8) is 0 Å². The van der Waals surface area contributed by atoms with Crippen LogP contribution >= 0.6 is 0 Å². The van der Waals surface area contributed by atoms with E-state index in [-0.39, 0.29) is 30.7 Å². The number of hydrogen-bond acceptors (Lipinski definition) is 16. The zero-order valence-corrected chi connectivity index (χ0v) is 42.8. The van der Waals surface area contributed by atoms with Gasteiger partial charge in [0.25, 0.3) is 0 Å². The number of carbonyl (C=O) groups is 8. The molecule has 3 fully saturated rings. The summed E-state index contributed by atoms with van der Waals surface area (Å²) < 4.78 is 0. The Labute approximate surface area is 431 Å². The van der Waals surface area contributed by atoms with Crippen LogP contribution in [-0.4, -0.2) is 190 Å². The van der Waals surface area contributed by atoms with E-state index in [0.717, 1.165) is 73.8 Å². The largest absolute Gasteiger partial charge is 0.508 e. The number of nitrogens with two attached hydrogens (primary N) is 1. The van der Waals surface area contributed by atoms with Gasteiger partial charge in [0.1, 0.15) is 54.2 Å². The number of rotatable bonds is 20. The summed E-state index contributed by atoms with van der Waals surface area (Å²) >= 11 is 0. The third-order valence-corrected chi connectivity index (χ3v) is 14.2. The smallest absolute Gasteiger partial charge is 0.248 e. The highest BCUT2D eigenvalue weighted by Crippen LogP contribution is 2.26. The fourth-order valence-electron chi connectivity index (χ4n) is 9.77. The second-order valence-corrected chi connectivity index (χ2v) is 20.5. The first-order valence-electron chi connectivity index (χ1n) is 25.9. The molecule has 15 N–H and O–H groups in total. The molecular formula is C50H80N8O16. The molecule has 8 amide bonds. The molecule has 0 saturated carbocycles. The van der Waals surface area contributed by atoms with Crippen LogP contribution in [0.2, 0.25) is 0 Å². The SMILES string of the molecule is CCC(C)CC(C)CCCCCCCCC(=O)NC1C[C@@H](O)CNC(=O)[C@@H]2[C@@H](O)CCN2C(=O)C([C@H](O)CC(N)=O)NC(=O)[C@H]([C@H](O)[C@@H](O)c2ccc(O)cc2)NC(=O)C2C[C@@H](O)CN2C(=O)C([C@@H](C)O)NC1=O. The van der Waals surface area contributed by atoms with Gasteiger partial charge in [0, 0.05) is 38.9 Å². The summed E-state index contributed by atoms with van der Waals surface area (Å²) in [7, 11) is 0. The average molecular weight is 1050 g/mol. The number of phenolic OH excluding ortho intramolecular Hbond substituents is 1. The van der Waals surface area contributed by atoms with Crippen LogP contribution in [0.4, 0.5) is 0 Å². The summed E-state index contributed by atoms with van der Waals surface area (Å²) in [5.74, 6) is -7.85. The van der Waals surface area contributed by atoms with Crippen molar-refractivity contribution in [2.24, 2.45) is 17.6 Å². The van der Waals surface area contributed by atoms with Crippen LogP contribution in [0.25, 0.3) is 0 Å². The first-order chi connectivity index (χ1) is 34.9. The number of nitrogens with zero attached hydrogens (tertiary/aromatic N) is 2. The fraction of sp³-hybridized carbons (Fsp3) is 0.720. The summed E-state index contributed by atoms with van der Waals surface area (Å²) in [5, 5.41) is 99.8. The Kier molecular flexibility index (Phi) is 23.9. The molecule has 3 saturated heterocycles. The number of phenols is 1.